The minimum atomic E-state index is -3.63. The molecule has 1 N–H and O–H groups in total. The van der Waals surface area contributed by atoms with E-state index in [1.807, 2.05) is 50.2 Å². The molecule has 0 aromatic heterocycles. The van der Waals surface area contributed by atoms with Gasteiger partial charge in [-0.25, -0.2) is 8.42 Å². The summed E-state index contributed by atoms with van der Waals surface area (Å²) in [5, 5.41) is 2.85. The van der Waals surface area contributed by atoms with E-state index in [1.54, 1.807) is 19.1 Å². The first-order valence-electron chi connectivity index (χ1n) is 9.31. The summed E-state index contributed by atoms with van der Waals surface area (Å²) in [5.74, 6) is 0.397. The summed E-state index contributed by atoms with van der Waals surface area (Å²) < 4.78 is 31.5. The standard InChI is InChI=1S/C21H28N2O4S/c1-5-20(23(28(4,25)26)18-12-10-16(3)11-13-18)21(24)22-15-17-8-7-9-19(14-17)27-6-2/h7-14,20H,5-6,15H2,1-4H3,(H,22,24)/t20-/m1/s1. The van der Waals surface area contributed by atoms with Crippen LogP contribution in [0, 0.1) is 6.92 Å². The number of hydrogen-bond donors (Lipinski definition) is 1. The van der Waals surface area contributed by atoms with Gasteiger partial charge in [0, 0.05) is 6.54 Å². The second-order valence-electron chi connectivity index (χ2n) is 6.62. The predicted molar refractivity (Wildman–Crippen MR) is 112 cm³/mol. The van der Waals surface area contributed by atoms with Crippen molar-refractivity contribution in [1.29, 1.82) is 0 Å². The molecule has 0 aliphatic carbocycles. The Bertz CT molecular complexity index is 895. The number of anilines is 1. The summed E-state index contributed by atoms with van der Waals surface area (Å²) in [6.07, 6.45) is 1.47. The van der Waals surface area contributed by atoms with Gasteiger partial charge in [0.25, 0.3) is 0 Å². The van der Waals surface area contributed by atoms with E-state index in [0.717, 1.165) is 23.1 Å². The van der Waals surface area contributed by atoms with Gasteiger partial charge >= 0.3 is 0 Å². The first-order valence-corrected chi connectivity index (χ1v) is 11.2. The Morgan fingerprint density at radius 2 is 1.82 bits per heavy atom. The zero-order valence-corrected chi connectivity index (χ0v) is 17.6. The van der Waals surface area contributed by atoms with Crippen molar-refractivity contribution >= 4 is 21.6 Å². The zero-order chi connectivity index (χ0) is 20.7. The van der Waals surface area contributed by atoms with Crippen molar-refractivity contribution in [1.82, 2.24) is 5.32 Å². The summed E-state index contributed by atoms with van der Waals surface area (Å²) in [4.78, 5) is 12.8. The molecule has 7 heteroatoms. The van der Waals surface area contributed by atoms with Crippen LogP contribution in [0.15, 0.2) is 48.5 Å². The molecule has 0 bridgehead atoms. The fourth-order valence-electron chi connectivity index (χ4n) is 2.97. The molecule has 0 saturated heterocycles. The lowest BCUT2D eigenvalue weighted by atomic mass is 10.1. The maximum Gasteiger partial charge on any atom is 0.244 e. The van der Waals surface area contributed by atoms with Gasteiger partial charge in [-0.15, -0.1) is 0 Å². The van der Waals surface area contributed by atoms with Crippen molar-refractivity contribution in [2.45, 2.75) is 39.8 Å². The van der Waals surface area contributed by atoms with Crippen LogP contribution in [0.2, 0.25) is 0 Å². The minimum absolute atomic E-state index is 0.293. The Hall–Kier alpha value is -2.54. The third-order valence-corrected chi connectivity index (χ3v) is 5.47. The summed E-state index contributed by atoms with van der Waals surface area (Å²) in [7, 11) is -3.63. The molecule has 0 aliphatic heterocycles. The number of sulfonamides is 1. The number of carbonyl (C=O) groups is 1. The molecular weight excluding hydrogens is 376 g/mol. The molecule has 0 spiro atoms. The molecule has 0 radical (unpaired) electrons. The molecule has 0 saturated carbocycles. The van der Waals surface area contributed by atoms with Gasteiger partial charge in [-0.1, -0.05) is 36.8 Å². The van der Waals surface area contributed by atoms with Crippen molar-refractivity contribution < 1.29 is 17.9 Å². The molecule has 28 heavy (non-hydrogen) atoms. The van der Waals surface area contributed by atoms with E-state index >= 15 is 0 Å². The SMILES string of the molecule is CCOc1cccc(CNC(=O)[C@@H](CC)N(c2ccc(C)cc2)S(C)(=O)=O)c1. The normalized spacial score (nSPS) is 12.3. The van der Waals surface area contributed by atoms with Gasteiger partial charge in [0.1, 0.15) is 11.8 Å². The number of benzene rings is 2. The summed E-state index contributed by atoms with van der Waals surface area (Å²) in [6, 6.07) is 13.7. The second-order valence-corrected chi connectivity index (χ2v) is 8.48. The lowest BCUT2D eigenvalue weighted by molar-refractivity contribution is -0.122. The average Bonchev–Trinajstić information content (AvgIpc) is 2.65. The lowest BCUT2D eigenvalue weighted by Gasteiger charge is -2.30. The molecule has 2 aromatic rings. The Labute approximate surface area is 167 Å². The number of rotatable bonds is 9. The highest BCUT2D eigenvalue weighted by Gasteiger charge is 2.31. The minimum Gasteiger partial charge on any atom is -0.494 e. The van der Waals surface area contributed by atoms with E-state index in [9.17, 15) is 13.2 Å². The van der Waals surface area contributed by atoms with E-state index < -0.39 is 16.1 Å². The molecule has 0 unspecified atom stereocenters. The van der Waals surface area contributed by atoms with Crippen molar-refractivity contribution in [3.8, 4) is 5.75 Å². The van der Waals surface area contributed by atoms with Crippen molar-refractivity contribution in [2.75, 3.05) is 17.2 Å². The highest BCUT2D eigenvalue weighted by Crippen LogP contribution is 2.23. The third-order valence-electron chi connectivity index (χ3n) is 4.29. The number of amides is 1. The monoisotopic (exact) mass is 404 g/mol. The van der Waals surface area contributed by atoms with Gasteiger partial charge in [0.2, 0.25) is 15.9 Å². The molecule has 1 atom stereocenters. The molecule has 1 amide bonds. The van der Waals surface area contributed by atoms with Crippen LogP contribution in [0.4, 0.5) is 5.69 Å². The lowest BCUT2D eigenvalue weighted by Crippen LogP contribution is -2.49. The first kappa shape index (κ1) is 21.8. The summed E-state index contributed by atoms with van der Waals surface area (Å²) in [5.41, 5.74) is 2.38. The Kier molecular flexibility index (Phi) is 7.45. The van der Waals surface area contributed by atoms with Gasteiger partial charge < -0.3 is 10.1 Å². The van der Waals surface area contributed by atoms with E-state index in [1.165, 1.54) is 4.31 Å². The van der Waals surface area contributed by atoms with Gasteiger partial charge in [-0.05, 0) is 50.1 Å². The topological polar surface area (TPSA) is 75.7 Å². The predicted octanol–water partition coefficient (Wildman–Crippen LogP) is 3.25. The Balaban J connectivity index is 2.19. The van der Waals surface area contributed by atoms with E-state index in [4.69, 9.17) is 4.74 Å². The van der Waals surface area contributed by atoms with Gasteiger partial charge in [-0.2, -0.15) is 0 Å². The fourth-order valence-corrected chi connectivity index (χ4v) is 4.18. The number of nitrogens with zero attached hydrogens (tertiary/aromatic N) is 1. The number of carbonyl (C=O) groups excluding carboxylic acids is 1. The molecule has 152 valence electrons. The quantitative estimate of drug-likeness (QED) is 0.696. The average molecular weight is 405 g/mol. The zero-order valence-electron chi connectivity index (χ0n) is 16.8. The highest BCUT2D eigenvalue weighted by molar-refractivity contribution is 7.92. The van der Waals surface area contributed by atoms with Crippen LogP contribution in [0.1, 0.15) is 31.4 Å². The molecular formula is C21H28N2O4S. The molecule has 6 nitrogen and oxygen atoms in total. The van der Waals surface area contributed by atoms with Crippen LogP contribution in [0.3, 0.4) is 0 Å². The van der Waals surface area contributed by atoms with Crippen LogP contribution >= 0.6 is 0 Å². The summed E-state index contributed by atoms with van der Waals surface area (Å²) in [6.45, 7) is 6.49. The number of hydrogen-bond acceptors (Lipinski definition) is 4. The number of nitrogens with one attached hydrogen (secondary N) is 1. The molecule has 0 heterocycles. The van der Waals surface area contributed by atoms with E-state index in [2.05, 4.69) is 5.32 Å². The molecule has 0 fully saturated rings. The number of ether oxygens (including phenoxy) is 1. The van der Waals surface area contributed by atoms with E-state index in [-0.39, 0.29) is 5.91 Å². The highest BCUT2D eigenvalue weighted by atomic mass is 32.2. The van der Waals surface area contributed by atoms with Crippen LogP contribution in [-0.2, 0) is 21.4 Å². The van der Waals surface area contributed by atoms with Gasteiger partial charge in [0.05, 0.1) is 18.6 Å². The third kappa shape index (κ3) is 5.73. The van der Waals surface area contributed by atoms with Crippen molar-refractivity contribution in [2.24, 2.45) is 0 Å². The van der Waals surface area contributed by atoms with Crippen LogP contribution in [0.5, 0.6) is 5.75 Å². The van der Waals surface area contributed by atoms with Crippen LogP contribution in [-0.4, -0.2) is 33.2 Å². The smallest absolute Gasteiger partial charge is 0.244 e. The van der Waals surface area contributed by atoms with Crippen molar-refractivity contribution in [3.05, 3.63) is 59.7 Å². The van der Waals surface area contributed by atoms with E-state index in [0.29, 0.717) is 25.3 Å². The number of aryl methyl sites for hydroxylation is 1. The second kappa shape index (κ2) is 9.59. The molecule has 0 aliphatic rings. The largest absolute Gasteiger partial charge is 0.494 e. The Morgan fingerprint density at radius 1 is 1.14 bits per heavy atom. The fraction of sp³-hybridized carbons (Fsp3) is 0.381. The van der Waals surface area contributed by atoms with Gasteiger partial charge in [-0.3, -0.25) is 9.10 Å². The first-order chi connectivity index (χ1) is 13.3. The summed E-state index contributed by atoms with van der Waals surface area (Å²) >= 11 is 0. The Morgan fingerprint density at radius 3 is 2.39 bits per heavy atom. The maximum atomic E-state index is 12.8. The van der Waals surface area contributed by atoms with Gasteiger partial charge in [0.15, 0.2) is 0 Å². The van der Waals surface area contributed by atoms with Crippen molar-refractivity contribution in [3.63, 3.8) is 0 Å². The maximum absolute atomic E-state index is 12.8. The van der Waals surface area contributed by atoms with Crippen LogP contribution in [0.25, 0.3) is 0 Å². The molecule has 2 rings (SSSR count). The van der Waals surface area contributed by atoms with Crippen LogP contribution < -0.4 is 14.4 Å². The molecule has 2 aromatic carbocycles.